The maximum Gasteiger partial charge on any atom is 0.328 e. The van der Waals surface area contributed by atoms with Crippen LogP contribution in [-0.4, -0.2) is 21.0 Å². The molecule has 0 aliphatic heterocycles. The third-order valence-corrected chi connectivity index (χ3v) is 2.63. The standard InChI is InChI=1S/C14H11FN2O2/c1-9(4-14(18)19)10-2-3-13(15)12(5-10)11-6-16-8-17-7-11/h2-8H,1H3,(H,18,19)/b9-4+. The zero-order valence-corrected chi connectivity index (χ0v) is 10.2. The zero-order valence-electron chi connectivity index (χ0n) is 10.2. The van der Waals surface area contributed by atoms with Gasteiger partial charge in [-0.25, -0.2) is 19.2 Å². The van der Waals surface area contributed by atoms with Gasteiger partial charge in [0.2, 0.25) is 0 Å². The highest BCUT2D eigenvalue weighted by atomic mass is 19.1. The van der Waals surface area contributed by atoms with E-state index in [4.69, 9.17) is 5.11 Å². The lowest BCUT2D eigenvalue weighted by Crippen LogP contribution is -1.92. The van der Waals surface area contributed by atoms with Crippen LogP contribution >= 0.6 is 0 Å². The molecular formula is C14H11FN2O2. The number of carboxylic acids is 1. The fraction of sp³-hybridized carbons (Fsp3) is 0.0714. The molecule has 19 heavy (non-hydrogen) atoms. The van der Waals surface area contributed by atoms with Gasteiger partial charge in [-0.3, -0.25) is 0 Å². The molecule has 1 heterocycles. The number of hydrogen-bond acceptors (Lipinski definition) is 3. The Morgan fingerprint density at radius 3 is 2.63 bits per heavy atom. The first-order valence-corrected chi connectivity index (χ1v) is 5.54. The second kappa shape index (κ2) is 5.39. The van der Waals surface area contributed by atoms with Crippen molar-refractivity contribution in [1.29, 1.82) is 0 Å². The molecule has 5 heteroatoms. The second-order valence-electron chi connectivity index (χ2n) is 3.99. The summed E-state index contributed by atoms with van der Waals surface area (Å²) in [4.78, 5) is 18.3. The van der Waals surface area contributed by atoms with Gasteiger partial charge >= 0.3 is 5.97 Å². The minimum atomic E-state index is -1.04. The highest BCUT2D eigenvalue weighted by molar-refractivity contribution is 5.90. The molecule has 1 N–H and O–H groups in total. The van der Waals surface area contributed by atoms with Crippen molar-refractivity contribution in [3.05, 3.63) is 54.4 Å². The third kappa shape index (κ3) is 3.01. The van der Waals surface area contributed by atoms with Gasteiger partial charge in [0.25, 0.3) is 0 Å². The number of halogens is 1. The van der Waals surface area contributed by atoms with Crippen LogP contribution in [0.5, 0.6) is 0 Å². The quantitative estimate of drug-likeness (QED) is 0.860. The molecule has 1 aromatic carbocycles. The topological polar surface area (TPSA) is 63.1 Å². The Balaban J connectivity index is 2.50. The van der Waals surface area contributed by atoms with Crippen molar-refractivity contribution in [1.82, 2.24) is 9.97 Å². The zero-order chi connectivity index (χ0) is 13.8. The summed E-state index contributed by atoms with van der Waals surface area (Å²) in [6.07, 6.45) is 5.45. The molecule has 0 saturated carbocycles. The van der Waals surface area contributed by atoms with E-state index >= 15 is 0 Å². The molecular weight excluding hydrogens is 247 g/mol. The fourth-order valence-electron chi connectivity index (χ4n) is 1.70. The Kier molecular flexibility index (Phi) is 3.66. The fourth-order valence-corrected chi connectivity index (χ4v) is 1.70. The summed E-state index contributed by atoms with van der Waals surface area (Å²) in [5, 5.41) is 8.72. The lowest BCUT2D eigenvalue weighted by molar-refractivity contribution is -0.131. The monoisotopic (exact) mass is 258 g/mol. The molecule has 0 saturated heterocycles. The summed E-state index contributed by atoms with van der Waals surface area (Å²) in [5.74, 6) is -1.44. The van der Waals surface area contributed by atoms with Crippen LogP contribution in [-0.2, 0) is 4.79 Å². The maximum absolute atomic E-state index is 13.8. The van der Waals surface area contributed by atoms with Gasteiger partial charge in [-0.15, -0.1) is 0 Å². The van der Waals surface area contributed by atoms with E-state index in [1.165, 1.54) is 30.9 Å². The Hall–Kier alpha value is -2.56. The normalized spacial score (nSPS) is 11.4. The van der Waals surface area contributed by atoms with Gasteiger partial charge in [-0.2, -0.15) is 0 Å². The molecule has 0 unspecified atom stereocenters. The maximum atomic E-state index is 13.8. The number of carbonyl (C=O) groups is 1. The molecule has 0 radical (unpaired) electrons. The first kappa shape index (κ1) is 12.9. The highest BCUT2D eigenvalue weighted by Gasteiger charge is 2.08. The minimum absolute atomic E-state index is 0.344. The number of benzene rings is 1. The van der Waals surface area contributed by atoms with Gasteiger partial charge in [0.05, 0.1) is 0 Å². The summed E-state index contributed by atoms with van der Waals surface area (Å²) in [6, 6.07) is 4.43. The number of aromatic nitrogens is 2. The number of carboxylic acid groups (broad SMARTS) is 1. The van der Waals surface area contributed by atoms with Crippen LogP contribution < -0.4 is 0 Å². The first-order chi connectivity index (χ1) is 9.08. The number of aliphatic carboxylic acids is 1. The van der Waals surface area contributed by atoms with E-state index in [9.17, 15) is 9.18 Å². The van der Waals surface area contributed by atoms with E-state index in [0.29, 0.717) is 22.3 Å². The van der Waals surface area contributed by atoms with Crippen LogP contribution in [0.4, 0.5) is 4.39 Å². The Labute approximate surface area is 109 Å². The van der Waals surface area contributed by atoms with Gasteiger partial charge in [-0.05, 0) is 30.2 Å². The van der Waals surface area contributed by atoms with Crippen molar-refractivity contribution in [2.45, 2.75) is 6.92 Å². The van der Waals surface area contributed by atoms with Crippen LogP contribution in [0, 0.1) is 5.82 Å². The molecule has 2 rings (SSSR count). The van der Waals surface area contributed by atoms with Crippen molar-refractivity contribution in [3.63, 3.8) is 0 Å². The second-order valence-corrected chi connectivity index (χ2v) is 3.99. The van der Waals surface area contributed by atoms with Crippen LogP contribution in [0.3, 0.4) is 0 Å². The molecule has 4 nitrogen and oxygen atoms in total. The first-order valence-electron chi connectivity index (χ1n) is 5.54. The van der Waals surface area contributed by atoms with E-state index in [2.05, 4.69) is 9.97 Å². The number of nitrogens with zero attached hydrogens (tertiary/aromatic N) is 2. The Morgan fingerprint density at radius 2 is 2.00 bits per heavy atom. The Morgan fingerprint density at radius 1 is 1.32 bits per heavy atom. The van der Waals surface area contributed by atoms with E-state index in [1.807, 2.05) is 0 Å². The van der Waals surface area contributed by atoms with Crippen LogP contribution in [0.15, 0.2) is 43.0 Å². The smallest absolute Gasteiger partial charge is 0.328 e. The van der Waals surface area contributed by atoms with Crippen molar-refractivity contribution in [2.24, 2.45) is 0 Å². The van der Waals surface area contributed by atoms with E-state index in [-0.39, 0.29) is 0 Å². The molecule has 1 aromatic heterocycles. The summed E-state index contributed by atoms with van der Waals surface area (Å²) >= 11 is 0. The minimum Gasteiger partial charge on any atom is -0.478 e. The summed E-state index contributed by atoms with van der Waals surface area (Å²) in [7, 11) is 0. The SMILES string of the molecule is C/C(=C\C(=O)O)c1ccc(F)c(-c2cncnc2)c1. The summed E-state index contributed by atoms with van der Waals surface area (Å²) in [6.45, 7) is 1.66. The number of hydrogen-bond donors (Lipinski definition) is 1. The number of allylic oxidation sites excluding steroid dienone is 1. The van der Waals surface area contributed by atoms with E-state index in [0.717, 1.165) is 6.08 Å². The lowest BCUT2D eigenvalue weighted by Gasteiger charge is -2.06. The van der Waals surface area contributed by atoms with Crippen LogP contribution in [0.2, 0.25) is 0 Å². The van der Waals surface area contributed by atoms with Gasteiger partial charge in [0.15, 0.2) is 0 Å². The van der Waals surface area contributed by atoms with Crippen molar-refractivity contribution < 1.29 is 14.3 Å². The molecule has 0 fully saturated rings. The molecule has 96 valence electrons. The van der Waals surface area contributed by atoms with Crippen molar-refractivity contribution in [2.75, 3.05) is 0 Å². The van der Waals surface area contributed by atoms with Crippen LogP contribution in [0.1, 0.15) is 12.5 Å². The van der Waals surface area contributed by atoms with Gasteiger partial charge in [0, 0.05) is 29.6 Å². The van der Waals surface area contributed by atoms with E-state index < -0.39 is 11.8 Å². The highest BCUT2D eigenvalue weighted by Crippen LogP contribution is 2.25. The molecule has 0 amide bonds. The van der Waals surface area contributed by atoms with Gasteiger partial charge in [-0.1, -0.05) is 6.07 Å². The van der Waals surface area contributed by atoms with Crippen LogP contribution in [0.25, 0.3) is 16.7 Å². The molecule has 0 aliphatic rings. The average Bonchev–Trinajstić information content (AvgIpc) is 2.39. The summed E-state index contributed by atoms with van der Waals surface area (Å²) in [5.41, 5.74) is 2.08. The Bertz CT molecular complexity index is 639. The largest absolute Gasteiger partial charge is 0.478 e. The predicted octanol–water partition coefficient (Wildman–Crippen LogP) is 2.77. The predicted molar refractivity (Wildman–Crippen MR) is 68.7 cm³/mol. The van der Waals surface area contributed by atoms with E-state index in [1.54, 1.807) is 13.0 Å². The molecule has 2 aromatic rings. The molecule has 0 bridgehead atoms. The van der Waals surface area contributed by atoms with Crippen molar-refractivity contribution >= 4 is 11.5 Å². The number of rotatable bonds is 3. The third-order valence-electron chi connectivity index (χ3n) is 2.63. The molecule has 0 atom stereocenters. The van der Waals surface area contributed by atoms with Crippen molar-refractivity contribution in [3.8, 4) is 11.1 Å². The van der Waals surface area contributed by atoms with Gasteiger partial charge < -0.3 is 5.11 Å². The average molecular weight is 258 g/mol. The van der Waals surface area contributed by atoms with Gasteiger partial charge in [0.1, 0.15) is 12.1 Å². The lowest BCUT2D eigenvalue weighted by atomic mass is 10.0. The molecule has 0 aliphatic carbocycles. The summed E-state index contributed by atoms with van der Waals surface area (Å²) < 4.78 is 13.8. The molecule has 0 spiro atoms.